The molecule has 0 unspecified atom stereocenters. The molecule has 0 aliphatic rings. The molecule has 0 saturated carbocycles. The third-order valence-electron chi connectivity index (χ3n) is 3.85. The van der Waals surface area contributed by atoms with Crippen LogP contribution in [0.1, 0.15) is 36.1 Å². The molecule has 122 valence electrons. The second-order valence-corrected chi connectivity index (χ2v) is 5.64. The van der Waals surface area contributed by atoms with Crippen LogP contribution in [-0.2, 0) is 11.2 Å². The maximum absolute atomic E-state index is 12.9. The van der Waals surface area contributed by atoms with Crippen LogP contribution in [0.5, 0.6) is 5.75 Å². The molecule has 1 N–H and O–H groups in total. The molecule has 0 heterocycles. The van der Waals surface area contributed by atoms with Gasteiger partial charge in [-0.2, -0.15) is 0 Å². The van der Waals surface area contributed by atoms with Crippen molar-refractivity contribution in [3.05, 3.63) is 65.0 Å². The first-order chi connectivity index (χ1) is 11.0. The average molecular weight is 315 g/mol. The van der Waals surface area contributed by atoms with Crippen LogP contribution in [-0.4, -0.2) is 13.0 Å². The van der Waals surface area contributed by atoms with Crippen molar-refractivity contribution in [1.29, 1.82) is 0 Å². The summed E-state index contributed by atoms with van der Waals surface area (Å²) in [6.45, 7) is 3.88. The standard InChI is InChI=1S/C19H22FNO2/c1-13-12-15(4-10-18(13)23-3)5-11-19(22)21-14(2)16-6-8-17(20)9-7-16/h4,6-10,12,14H,5,11H2,1-3H3,(H,21,22)/t14-/m0/s1. The Balaban J connectivity index is 1.87. The van der Waals surface area contributed by atoms with Gasteiger partial charge in [0.05, 0.1) is 13.2 Å². The molecule has 0 spiro atoms. The second kappa shape index (κ2) is 7.77. The fourth-order valence-corrected chi connectivity index (χ4v) is 2.50. The van der Waals surface area contributed by atoms with E-state index in [0.717, 1.165) is 22.4 Å². The summed E-state index contributed by atoms with van der Waals surface area (Å²) in [5.74, 6) is 0.556. The molecular weight excluding hydrogens is 293 g/mol. The first-order valence-corrected chi connectivity index (χ1v) is 7.68. The molecule has 3 nitrogen and oxygen atoms in total. The summed E-state index contributed by atoms with van der Waals surface area (Å²) in [7, 11) is 1.65. The van der Waals surface area contributed by atoms with Gasteiger partial charge in [0, 0.05) is 6.42 Å². The summed E-state index contributed by atoms with van der Waals surface area (Å²) < 4.78 is 18.1. The SMILES string of the molecule is COc1ccc(CCC(=O)N[C@@H](C)c2ccc(F)cc2)cc1C. The molecule has 0 aromatic heterocycles. The van der Waals surface area contributed by atoms with Crippen LogP contribution < -0.4 is 10.1 Å². The molecule has 1 atom stereocenters. The molecule has 0 bridgehead atoms. The van der Waals surface area contributed by atoms with Gasteiger partial charge >= 0.3 is 0 Å². The zero-order valence-electron chi connectivity index (χ0n) is 13.7. The molecular formula is C19H22FNO2. The highest BCUT2D eigenvalue weighted by molar-refractivity contribution is 5.76. The van der Waals surface area contributed by atoms with Crippen LogP contribution in [0.2, 0.25) is 0 Å². The highest BCUT2D eigenvalue weighted by Crippen LogP contribution is 2.19. The number of halogens is 1. The fourth-order valence-electron chi connectivity index (χ4n) is 2.50. The molecule has 1 amide bonds. The molecule has 2 rings (SSSR count). The maximum Gasteiger partial charge on any atom is 0.220 e. The van der Waals surface area contributed by atoms with Gasteiger partial charge in [-0.15, -0.1) is 0 Å². The van der Waals surface area contributed by atoms with Gasteiger partial charge in [0.2, 0.25) is 5.91 Å². The molecule has 0 aliphatic carbocycles. The number of methoxy groups -OCH3 is 1. The van der Waals surface area contributed by atoms with E-state index in [9.17, 15) is 9.18 Å². The largest absolute Gasteiger partial charge is 0.496 e. The van der Waals surface area contributed by atoms with E-state index in [1.807, 2.05) is 32.0 Å². The van der Waals surface area contributed by atoms with Gasteiger partial charge in [0.1, 0.15) is 11.6 Å². The minimum Gasteiger partial charge on any atom is -0.496 e. The quantitative estimate of drug-likeness (QED) is 0.876. The average Bonchev–Trinajstić information content (AvgIpc) is 2.53. The number of hydrogen-bond acceptors (Lipinski definition) is 2. The van der Waals surface area contributed by atoms with Crippen LogP contribution in [0, 0.1) is 12.7 Å². The summed E-state index contributed by atoms with van der Waals surface area (Å²) >= 11 is 0. The van der Waals surface area contributed by atoms with E-state index in [0.29, 0.717) is 12.8 Å². The van der Waals surface area contributed by atoms with Crippen LogP contribution >= 0.6 is 0 Å². The molecule has 0 saturated heterocycles. The number of rotatable bonds is 6. The van der Waals surface area contributed by atoms with Crippen LogP contribution in [0.4, 0.5) is 4.39 Å². The predicted octanol–water partition coefficient (Wildman–Crippen LogP) is 3.95. The topological polar surface area (TPSA) is 38.3 Å². The van der Waals surface area contributed by atoms with Crippen LogP contribution in [0.3, 0.4) is 0 Å². The highest BCUT2D eigenvalue weighted by atomic mass is 19.1. The van der Waals surface area contributed by atoms with E-state index < -0.39 is 0 Å². The zero-order valence-corrected chi connectivity index (χ0v) is 13.7. The number of aryl methyl sites for hydroxylation is 2. The molecule has 23 heavy (non-hydrogen) atoms. The van der Waals surface area contributed by atoms with E-state index in [-0.39, 0.29) is 17.8 Å². The molecule has 0 radical (unpaired) electrons. The summed E-state index contributed by atoms with van der Waals surface area (Å²) in [4.78, 5) is 12.1. The first-order valence-electron chi connectivity index (χ1n) is 7.68. The van der Waals surface area contributed by atoms with E-state index in [1.165, 1.54) is 12.1 Å². The smallest absolute Gasteiger partial charge is 0.220 e. The minimum atomic E-state index is -0.276. The summed E-state index contributed by atoms with van der Waals surface area (Å²) in [6.07, 6.45) is 1.09. The van der Waals surface area contributed by atoms with Crippen molar-refractivity contribution in [2.75, 3.05) is 7.11 Å². The van der Waals surface area contributed by atoms with Crippen molar-refractivity contribution >= 4 is 5.91 Å². The molecule has 0 aliphatic heterocycles. The number of hydrogen-bond donors (Lipinski definition) is 1. The molecule has 0 fully saturated rings. The Morgan fingerprint density at radius 3 is 2.52 bits per heavy atom. The Kier molecular flexibility index (Phi) is 5.74. The van der Waals surface area contributed by atoms with E-state index in [4.69, 9.17) is 4.74 Å². The van der Waals surface area contributed by atoms with Gasteiger partial charge < -0.3 is 10.1 Å². The predicted molar refractivity (Wildman–Crippen MR) is 89.0 cm³/mol. The lowest BCUT2D eigenvalue weighted by Crippen LogP contribution is -2.26. The lowest BCUT2D eigenvalue weighted by atomic mass is 10.1. The van der Waals surface area contributed by atoms with Crippen molar-refractivity contribution in [3.8, 4) is 5.75 Å². The van der Waals surface area contributed by atoms with Crippen molar-refractivity contribution in [1.82, 2.24) is 5.32 Å². The summed E-state index contributed by atoms with van der Waals surface area (Å²) in [6, 6.07) is 12.0. The minimum absolute atomic E-state index is 0.0182. The van der Waals surface area contributed by atoms with Gasteiger partial charge in [0.15, 0.2) is 0 Å². The molecule has 2 aromatic carbocycles. The number of carbonyl (C=O) groups is 1. The fraction of sp³-hybridized carbons (Fsp3) is 0.316. The van der Waals surface area contributed by atoms with E-state index in [1.54, 1.807) is 19.2 Å². The number of ether oxygens (including phenoxy) is 1. The lowest BCUT2D eigenvalue weighted by molar-refractivity contribution is -0.121. The Labute approximate surface area is 136 Å². The van der Waals surface area contributed by atoms with E-state index >= 15 is 0 Å². The van der Waals surface area contributed by atoms with E-state index in [2.05, 4.69) is 5.32 Å². The summed E-state index contributed by atoms with van der Waals surface area (Å²) in [5.41, 5.74) is 3.05. The second-order valence-electron chi connectivity index (χ2n) is 5.64. The normalized spacial score (nSPS) is 11.8. The van der Waals surface area contributed by atoms with Crippen molar-refractivity contribution in [2.24, 2.45) is 0 Å². The van der Waals surface area contributed by atoms with Crippen molar-refractivity contribution in [2.45, 2.75) is 32.7 Å². The monoisotopic (exact) mass is 315 g/mol. The number of amides is 1. The van der Waals surface area contributed by atoms with Crippen molar-refractivity contribution in [3.63, 3.8) is 0 Å². The molecule has 4 heteroatoms. The van der Waals surface area contributed by atoms with Crippen LogP contribution in [0.25, 0.3) is 0 Å². The van der Waals surface area contributed by atoms with Gasteiger partial charge in [-0.1, -0.05) is 24.3 Å². The lowest BCUT2D eigenvalue weighted by Gasteiger charge is -2.14. The Bertz CT molecular complexity index is 668. The van der Waals surface area contributed by atoms with Gasteiger partial charge in [-0.25, -0.2) is 4.39 Å². The number of carbonyl (C=O) groups excluding carboxylic acids is 1. The maximum atomic E-state index is 12.9. The van der Waals surface area contributed by atoms with Gasteiger partial charge in [0.25, 0.3) is 0 Å². The third kappa shape index (κ3) is 4.81. The third-order valence-corrected chi connectivity index (χ3v) is 3.85. The van der Waals surface area contributed by atoms with Crippen LogP contribution in [0.15, 0.2) is 42.5 Å². The van der Waals surface area contributed by atoms with Gasteiger partial charge in [-0.3, -0.25) is 4.79 Å². The highest BCUT2D eigenvalue weighted by Gasteiger charge is 2.10. The van der Waals surface area contributed by atoms with Crippen molar-refractivity contribution < 1.29 is 13.9 Å². The Morgan fingerprint density at radius 2 is 1.91 bits per heavy atom. The number of nitrogens with one attached hydrogen (secondary N) is 1. The number of benzene rings is 2. The summed E-state index contributed by atoms with van der Waals surface area (Å²) in [5, 5.41) is 2.94. The molecule has 2 aromatic rings. The Hall–Kier alpha value is -2.36. The van der Waals surface area contributed by atoms with Gasteiger partial charge in [-0.05, 0) is 55.2 Å². The Morgan fingerprint density at radius 1 is 1.22 bits per heavy atom. The zero-order chi connectivity index (χ0) is 16.8. The first kappa shape index (κ1) is 17.0.